The fraction of sp³-hybridized carbons (Fsp3) is 1.00. The van der Waals surface area contributed by atoms with E-state index >= 15 is 0 Å². The van der Waals surface area contributed by atoms with Crippen molar-refractivity contribution in [1.29, 1.82) is 0 Å². The summed E-state index contributed by atoms with van der Waals surface area (Å²) in [4.78, 5) is 2.18. The summed E-state index contributed by atoms with van der Waals surface area (Å²) in [5, 5.41) is 10.3. The molecule has 3 heteroatoms. The molecule has 0 bridgehead atoms. The lowest BCUT2D eigenvalue weighted by Gasteiger charge is -2.38. The summed E-state index contributed by atoms with van der Waals surface area (Å²) in [7, 11) is 0. The van der Waals surface area contributed by atoms with Gasteiger partial charge in [0.2, 0.25) is 0 Å². The van der Waals surface area contributed by atoms with E-state index in [1.54, 1.807) is 0 Å². The van der Waals surface area contributed by atoms with Crippen LogP contribution in [0, 0.1) is 11.8 Å². The van der Waals surface area contributed by atoms with Gasteiger partial charge in [0, 0.05) is 13.1 Å². The van der Waals surface area contributed by atoms with Gasteiger partial charge in [-0.1, -0.05) is 19.8 Å². The zero-order valence-corrected chi connectivity index (χ0v) is 9.69. The second kappa shape index (κ2) is 5.28. The van der Waals surface area contributed by atoms with E-state index in [9.17, 15) is 5.11 Å². The van der Waals surface area contributed by atoms with E-state index in [2.05, 4.69) is 11.8 Å². The van der Waals surface area contributed by atoms with Crippen molar-refractivity contribution in [1.82, 2.24) is 4.90 Å². The van der Waals surface area contributed by atoms with Gasteiger partial charge in [-0.3, -0.25) is 4.90 Å². The lowest BCUT2D eigenvalue weighted by atomic mass is 9.82. The molecule has 2 rings (SSSR count). The maximum atomic E-state index is 10.3. The van der Waals surface area contributed by atoms with Crippen LogP contribution in [0.15, 0.2) is 0 Å². The molecule has 1 N–H and O–H groups in total. The van der Waals surface area contributed by atoms with Gasteiger partial charge in [0.25, 0.3) is 0 Å². The normalized spacial score (nSPS) is 36.4. The van der Waals surface area contributed by atoms with Crippen molar-refractivity contribution in [2.75, 3.05) is 26.3 Å². The Morgan fingerprint density at radius 2 is 1.73 bits per heavy atom. The smallest absolute Gasteiger partial charge is 0.110 e. The van der Waals surface area contributed by atoms with Crippen LogP contribution in [0.5, 0.6) is 0 Å². The number of hydrogen-bond donors (Lipinski definition) is 1. The fourth-order valence-electron chi connectivity index (χ4n) is 2.72. The first-order chi connectivity index (χ1) is 7.27. The van der Waals surface area contributed by atoms with Crippen molar-refractivity contribution in [2.45, 2.75) is 38.8 Å². The molecule has 1 aliphatic heterocycles. The molecule has 0 aromatic carbocycles. The lowest BCUT2D eigenvalue weighted by Crippen LogP contribution is -2.47. The summed E-state index contributed by atoms with van der Waals surface area (Å²) >= 11 is 0. The van der Waals surface area contributed by atoms with Crippen LogP contribution in [0.4, 0.5) is 0 Å². The Kier molecular flexibility index (Phi) is 4.00. The van der Waals surface area contributed by atoms with Gasteiger partial charge < -0.3 is 9.84 Å². The number of ether oxygens (including phenoxy) is 1. The molecule has 0 spiro atoms. The zero-order chi connectivity index (χ0) is 10.7. The largest absolute Gasteiger partial charge is 0.379 e. The first-order valence-corrected chi connectivity index (χ1v) is 6.27. The summed E-state index contributed by atoms with van der Waals surface area (Å²) in [6.07, 6.45) is 4.73. The van der Waals surface area contributed by atoms with Gasteiger partial charge in [-0.05, 0) is 24.7 Å². The standard InChI is InChI=1S/C12H23NO2/c1-10-2-4-11(5-3-10)12(14)13-6-8-15-9-7-13/h10-12,14H,2-9H2,1H3. The molecule has 0 aromatic heterocycles. The Labute approximate surface area is 92.4 Å². The Balaban J connectivity index is 1.81. The van der Waals surface area contributed by atoms with E-state index in [1.165, 1.54) is 25.7 Å². The predicted molar refractivity (Wildman–Crippen MR) is 59.5 cm³/mol. The van der Waals surface area contributed by atoms with E-state index in [-0.39, 0.29) is 6.23 Å². The number of aliphatic hydroxyl groups is 1. The number of morpholine rings is 1. The fourth-order valence-corrected chi connectivity index (χ4v) is 2.72. The Bertz CT molecular complexity index is 184. The first-order valence-electron chi connectivity index (χ1n) is 6.27. The summed E-state index contributed by atoms with van der Waals surface area (Å²) in [6.45, 7) is 5.66. The van der Waals surface area contributed by atoms with Crippen molar-refractivity contribution in [3.05, 3.63) is 0 Å². The molecule has 2 fully saturated rings. The van der Waals surface area contributed by atoms with Crippen LogP contribution in [-0.2, 0) is 4.74 Å². The minimum Gasteiger partial charge on any atom is -0.379 e. The third kappa shape index (κ3) is 2.92. The molecule has 15 heavy (non-hydrogen) atoms. The molecule has 0 amide bonds. The van der Waals surface area contributed by atoms with Crippen LogP contribution >= 0.6 is 0 Å². The van der Waals surface area contributed by atoms with E-state index in [0.717, 1.165) is 32.2 Å². The van der Waals surface area contributed by atoms with Gasteiger partial charge in [0.1, 0.15) is 6.23 Å². The third-order valence-corrected chi connectivity index (χ3v) is 3.90. The van der Waals surface area contributed by atoms with Crippen molar-refractivity contribution in [3.63, 3.8) is 0 Å². The number of hydrogen-bond acceptors (Lipinski definition) is 3. The predicted octanol–water partition coefficient (Wildman–Crippen LogP) is 1.46. The second-order valence-electron chi connectivity index (χ2n) is 5.08. The first kappa shape index (κ1) is 11.4. The molecular formula is C12H23NO2. The highest BCUT2D eigenvalue weighted by Crippen LogP contribution is 2.31. The average Bonchev–Trinajstić information content (AvgIpc) is 2.30. The Hall–Kier alpha value is -0.120. The monoisotopic (exact) mass is 213 g/mol. The summed E-state index contributed by atoms with van der Waals surface area (Å²) in [6, 6.07) is 0. The van der Waals surface area contributed by atoms with Crippen LogP contribution in [-0.4, -0.2) is 42.5 Å². The molecule has 1 saturated carbocycles. The van der Waals surface area contributed by atoms with Crippen LogP contribution in [0.1, 0.15) is 32.6 Å². The molecule has 88 valence electrons. The second-order valence-corrected chi connectivity index (χ2v) is 5.08. The minimum atomic E-state index is -0.221. The topological polar surface area (TPSA) is 32.7 Å². The average molecular weight is 213 g/mol. The molecule has 1 atom stereocenters. The summed E-state index contributed by atoms with van der Waals surface area (Å²) in [5.41, 5.74) is 0. The van der Waals surface area contributed by atoms with Gasteiger partial charge in [-0.15, -0.1) is 0 Å². The Morgan fingerprint density at radius 3 is 2.33 bits per heavy atom. The zero-order valence-electron chi connectivity index (χ0n) is 9.69. The van der Waals surface area contributed by atoms with Crippen LogP contribution in [0.3, 0.4) is 0 Å². The van der Waals surface area contributed by atoms with Crippen LogP contribution < -0.4 is 0 Å². The molecule has 1 saturated heterocycles. The summed E-state index contributed by atoms with van der Waals surface area (Å²) < 4.78 is 5.30. The molecular weight excluding hydrogens is 190 g/mol. The van der Waals surface area contributed by atoms with E-state index < -0.39 is 0 Å². The number of nitrogens with zero attached hydrogens (tertiary/aromatic N) is 1. The number of rotatable bonds is 2. The lowest BCUT2D eigenvalue weighted by molar-refractivity contribution is -0.0938. The SMILES string of the molecule is CC1CCC(C(O)N2CCOCC2)CC1. The highest BCUT2D eigenvalue weighted by atomic mass is 16.5. The minimum absolute atomic E-state index is 0.221. The maximum absolute atomic E-state index is 10.3. The van der Waals surface area contributed by atoms with Gasteiger partial charge in [0.15, 0.2) is 0 Å². The van der Waals surface area contributed by atoms with E-state index in [1.807, 2.05) is 0 Å². The van der Waals surface area contributed by atoms with Gasteiger partial charge >= 0.3 is 0 Å². The third-order valence-electron chi connectivity index (χ3n) is 3.90. The summed E-state index contributed by atoms with van der Waals surface area (Å²) in [5.74, 6) is 1.36. The molecule has 2 aliphatic rings. The molecule has 3 nitrogen and oxygen atoms in total. The Morgan fingerprint density at radius 1 is 1.13 bits per heavy atom. The van der Waals surface area contributed by atoms with Crippen LogP contribution in [0.2, 0.25) is 0 Å². The van der Waals surface area contributed by atoms with Crippen LogP contribution in [0.25, 0.3) is 0 Å². The van der Waals surface area contributed by atoms with Crippen molar-refractivity contribution in [3.8, 4) is 0 Å². The highest BCUT2D eigenvalue weighted by Gasteiger charge is 2.29. The molecule has 1 unspecified atom stereocenters. The van der Waals surface area contributed by atoms with Gasteiger partial charge in [-0.2, -0.15) is 0 Å². The molecule has 1 aliphatic carbocycles. The molecule has 1 heterocycles. The quantitative estimate of drug-likeness (QED) is 0.754. The van der Waals surface area contributed by atoms with Gasteiger partial charge in [-0.25, -0.2) is 0 Å². The van der Waals surface area contributed by atoms with E-state index in [0.29, 0.717) is 5.92 Å². The number of aliphatic hydroxyl groups excluding tert-OH is 1. The van der Waals surface area contributed by atoms with E-state index in [4.69, 9.17) is 4.74 Å². The van der Waals surface area contributed by atoms with Crippen molar-refractivity contribution in [2.24, 2.45) is 11.8 Å². The van der Waals surface area contributed by atoms with Gasteiger partial charge in [0.05, 0.1) is 13.2 Å². The molecule has 0 aromatic rings. The highest BCUT2D eigenvalue weighted by molar-refractivity contribution is 4.77. The van der Waals surface area contributed by atoms with Crippen molar-refractivity contribution < 1.29 is 9.84 Å². The maximum Gasteiger partial charge on any atom is 0.110 e. The molecule has 0 radical (unpaired) electrons. The van der Waals surface area contributed by atoms with Crippen molar-refractivity contribution >= 4 is 0 Å².